The molecule has 1 unspecified atom stereocenters. The van der Waals surface area contributed by atoms with Crippen LogP contribution in [0.2, 0.25) is 0 Å². The average Bonchev–Trinajstić information content (AvgIpc) is 2.88. The molecule has 0 aliphatic rings. The van der Waals surface area contributed by atoms with Gasteiger partial charge in [-0.05, 0) is 24.6 Å². The molecule has 3 aromatic rings. The number of hydrogen-bond acceptors (Lipinski definition) is 3. The topological polar surface area (TPSA) is 50.2 Å². The van der Waals surface area contributed by atoms with Crippen molar-refractivity contribution in [3.05, 3.63) is 64.7 Å². The molecule has 0 bridgehead atoms. The highest BCUT2D eigenvalue weighted by Crippen LogP contribution is 2.27. The van der Waals surface area contributed by atoms with Crippen molar-refractivity contribution in [1.29, 1.82) is 0 Å². The number of fused-ring (bicyclic) bond motifs is 1. The van der Waals surface area contributed by atoms with Crippen LogP contribution in [0.15, 0.2) is 48.5 Å². The van der Waals surface area contributed by atoms with Crippen LogP contribution >= 0.6 is 11.3 Å². The number of aryl methyl sites for hydroxylation is 1. The molecule has 0 aliphatic carbocycles. The largest absolute Gasteiger partial charge is 0.481 e. The quantitative estimate of drug-likeness (QED) is 0.791. The number of carboxylic acids is 1. The molecule has 0 spiro atoms. The van der Waals surface area contributed by atoms with Crippen molar-refractivity contribution in [1.82, 2.24) is 4.98 Å². The third kappa shape index (κ3) is 2.95. The number of aliphatic carboxylic acids is 1. The summed E-state index contributed by atoms with van der Waals surface area (Å²) >= 11 is 1.57. The minimum Gasteiger partial charge on any atom is -0.481 e. The number of rotatable bonds is 4. The Hall–Kier alpha value is -2.20. The van der Waals surface area contributed by atoms with E-state index in [-0.39, 0.29) is 0 Å². The van der Waals surface area contributed by atoms with Gasteiger partial charge in [0.15, 0.2) is 0 Å². The molecule has 2 aromatic carbocycles. The Labute approximate surface area is 126 Å². The van der Waals surface area contributed by atoms with Crippen LogP contribution < -0.4 is 0 Å². The number of thiazole rings is 1. The summed E-state index contributed by atoms with van der Waals surface area (Å²) in [5, 5.41) is 10.4. The minimum absolute atomic E-state index is 0.428. The van der Waals surface area contributed by atoms with Crippen LogP contribution in [-0.4, -0.2) is 16.1 Å². The Morgan fingerprint density at radius 2 is 1.90 bits per heavy atom. The van der Waals surface area contributed by atoms with Crippen LogP contribution in [-0.2, 0) is 11.2 Å². The standard InChI is InChI=1S/C17H15NO2S/c1-11-6-8-12(9-7-11)13(17(19)20)10-16-18-14-4-2-3-5-15(14)21-16/h2-9,13H,10H2,1H3,(H,19,20). The molecule has 0 radical (unpaired) electrons. The summed E-state index contributed by atoms with van der Waals surface area (Å²) in [7, 11) is 0. The summed E-state index contributed by atoms with van der Waals surface area (Å²) in [5.41, 5.74) is 2.89. The van der Waals surface area contributed by atoms with Crippen molar-refractivity contribution in [3.8, 4) is 0 Å². The van der Waals surface area contributed by atoms with Gasteiger partial charge >= 0.3 is 5.97 Å². The minimum atomic E-state index is -0.807. The highest BCUT2D eigenvalue weighted by molar-refractivity contribution is 7.18. The Kier molecular flexibility index (Phi) is 3.71. The van der Waals surface area contributed by atoms with Crippen LogP contribution in [0, 0.1) is 6.92 Å². The fourth-order valence-electron chi connectivity index (χ4n) is 2.33. The maximum absolute atomic E-state index is 11.6. The second kappa shape index (κ2) is 5.66. The summed E-state index contributed by atoms with van der Waals surface area (Å²) in [5.74, 6) is -1.36. The third-order valence-electron chi connectivity index (χ3n) is 3.49. The van der Waals surface area contributed by atoms with Gasteiger partial charge in [0, 0.05) is 6.42 Å². The zero-order valence-corrected chi connectivity index (χ0v) is 12.4. The summed E-state index contributed by atoms with van der Waals surface area (Å²) in [4.78, 5) is 16.1. The second-order valence-electron chi connectivity index (χ2n) is 5.08. The van der Waals surface area contributed by atoms with E-state index in [9.17, 15) is 9.90 Å². The van der Waals surface area contributed by atoms with Crippen molar-refractivity contribution in [2.24, 2.45) is 0 Å². The lowest BCUT2D eigenvalue weighted by molar-refractivity contribution is -0.138. The van der Waals surface area contributed by atoms with Crippen molar-refractivity contribution in [2.75, 3.05) is 0 Å². The number of carbonyl (C=O) groups is 1. The average molecular weight is 297 g/mol. The molecule has 3 nitrogen and oxygen atoms in total. The Morgan fingerprint density at radius 1 is 1.19 bits per heavy atom. The number of hydrogen-bond donors (Lipinski definition) is 1. The molecule has 1 heterocycles. The molecule has 0 fully saturated rings. The lowest BCUT2D eigenvalue weighted by atomic mass is 9.95. The van der Waals surface area contributed by atoms with Gasteiger partial charge in [0.1, 0.15) is 0 Å². The molecule has 4 heteroatoms. The molecule has 3 rings (SSSR count). The van der Waals surface area contributed by atoms with E-state index in [2.05, 4.69) is 4.98 Å². The zero-order chi connectivity index (χ0) is 14.8. The molecule has 0 aliphatic heterocycles. The van der Waals surface area contributed by atoms with E-state index in [1.54, 1.807) is 11.3 Å². The van der Waals surface area contributed by atoms with Crippen LogP contribution in [0.4, 0.5) is 0 Å². The molecule has 1 atom stereocenters. The number of aromatic nitrogens is 1. The van der Waals surface area contributed by atoms with Crippen LogP contribution in [0.1, 0.15) is 22.1 Å². The lowest BCUT2D eigenvalue weighted by Gasteiger charge is -2.11. The van der Waals surface area contributed by atoms with Crippen molar-refractivity contribution >= 4 is 27.5 Å². The number of carboxylic acid groups (broad SMARTS) is 1. The van der Waals surface area contributed by atoms with Crippen molar-refractivity contribution < 1.29 is 9.90 Å². The highest BCUT2D eigenvalue weighted by Gasteiger charge is 2.22. The number of benzene rings is 2. The third-order valence-corrected chi connectivity index (χ3v) is 4.55. The van der Waals surface area contributed by atoms with Crippen LogP contribution in [0.5, 0.6) is 0 Å². The van der Waals surface area contributed by atoms with Crippen LogP contribution in [0.25, 0.3) is 10.2 Å². The monoisotopic (exact) mass is 297 g/mol. The van der Waals surface area contributed by atoms with E-state index in [1.165, 1.54) is 0 Å². The molecule has 0 amide bonds. The Balaban J connectivity index is 1.91. The molecule has 1 aromatic heterocycles. The first-order valence-corrected chi connectivity index (χ1v) is 7.59. The van der Waals surface area contributed by atoms with Gasteiger partial charge in [-0.3, -0.25) is 4.79 Å². The van der Waals surface area contributed by atoms with Gasteiger partial charge in [-0.2, -0.15) is 0 Å². The van der Waals surface area contributed by atoms with E-state index < -0.39 is 11.9 Å². The molecule has 21 heavy (non-hydrogen) atoms. The first-order chi connectivity index (χ1) is 10.1. The smallest absolute Gasteiger partial charge is 0.311 e. The first-order valence-electron chi connectivity index (χ1n) is 6.77. The molecule has 1 N–H and O–H groups in total. The summed E-state index contributed by atoms with van der Waals surface area (Å²) < 4.78 is 1.10. The van der Waals surface area contributed by atoms with Gasteiger partial charge in [-0.1, -0.05) is 42.0 Å². The summed E-state index contributed by atoms with van der Waals surface area (Å²) in [6, 6.07) is 15.6. The van der Waals surface area contributed by atoms with E-state index in [0.717, 1.165) is 26.4 Å². The molecule has 106 valence electrons. The van der Waals surface area contributed by atoms with Crippen LogP contribution in [0.3, 0.4) is 0 Å². The van der Waals surface area contributed by atoms with E-state index in [0.29, 0.717) is 6.42 Å². The van der Waals surface area contributed by atoms with Gasteiger partial charge in [0.2, 0.25) is 0 Å². The molecule has 0 saturated heterocycles. The SMILES string of the molecule is Cc1ccc(C(Cc2nc3ccccc3s2)C(=O)O)cc1. The number of para-hydroxylation sites is 1. The predicted octanol–water partition coefficient (Wildman–Crippen LogP) is 4.02. The normalized spacial score (nSPS) is 12.4. The molecule has 0 saturated carbocycles. The summed E-state index contributed by atoms with van der Waals surface area (Å²) in [6.07, 6.45) is 0.428. The van der Waals surface area contributed by atoms with Gasteiger partial charge in [0.25, 0.3) is 0 Å². The highest BCUT2D eigenvalue weighted by atomic mass is 32.1. The predicted molar refractivity (Wildman–Crippen MR) is 84.9 cm³/mol. The van der Waals surface area contributed by atoms with Gasteiger partial charge in [-0.25, -0.2) is 4.98 Å². The molecular weight excluding hydrogens is 282 g/mol. The fraction of sp³-hybridized carbons (Fsp3) is 0.176. The fourth-order valence-corrected chi connectivity index (χ4v) is 3.34. The zero-order valence-electron chi connectivity index (χ0n) is 11.6. The Morgan fingerprint density at radius 3 is 2.57 bits per heavy atom. The van der Waals surface area contributed by atoms with Crippen molar-refractivity contribution in [2.45, 2.75) is 19.3 Å². The lowest BCUT2D eigenvalue weighted by Crippen LogP contribution is -2.14. The van der Waals surface area contributed by atoms with E-state index in [1.807, 2.05) is 55.5 Å². The van der Waals surface area contributed by atoms with Gasteiger partial charge < -0.3 is 5.11 Å². The maximum atomic E-state index is 11.6. The van der Waals surface area contributed by atoms with E-state index in [4.69, 9.17) is 0 Å². The molecular formula is C17H15NO2S. The number of nitrogens with zero attached hydrogens (tertiary/aromatic N) is 1. The Bertz CT molecular complexity index is 744. The van der Waals surface area contributed by atoms with Crippen molar-refractivity contribution in [3.63, 3.8) is 0 Å². The van der Waals surface area contributed by atoms with Gasteiger partial charge in [0.05, 0.1) is 21.1 Å². The second-order valence-corrected chi connectivity index (χ2v) is 6.20. The summed E-state index contributed by atoms with van der Waals surface area (Å²) in [6.45, 7) is 1.99. The van der Waals surface area contributed by atoms with Gasteiger partial charge in [-0.15, -0.1) is 11.3 Å². The maximum Gasteiger partial charge on any atom is 0.311 e. The first kappa shape index (κ1) is 13.8. The van der Waals surface area contributed by atoms with E-state index >= 15 is 0 Å².